The number of benzene rings is 2. The summed E-state index contributed by atoms with van der Waals surface area (Å²) >= 11 is 1.09. The third-order valence-electron chi connectivity index (χ3n) is 3.78. The van der Waals surface area contributed by atoms with Crippen LogP contribution in [0.15, 0.2) is 58.8 Å². The monoisotopic (exact) mass is 423 g/mol. The summed E-state index contributed by atoms with van der Waals surface area (Å²) in [6, 6.07) is 11.1. The smallest absolute Gasteiger partial charge is 0.243 e. The van der Waals surface area contributed by atoms with Crippen LogP contribution < -0.4 is 5.32 Å². The van der Waals surface area contributed by atoms with Crippen molar-refractivity contribution >= 4 is 32.4 Å². The zero-order chi connectivity index (χ0) is 20.3. The summed E-state index contributed by atoms with van der Waals surface area (Å²) in [7, 11) is -2.49. The summed E-state index contributed by atoms with van der Waals surface area (Å²) in [5, 5.41) is 4.30. The van der Waals surface area contributed by atoms with Gasteiger partial charge in [0.15, 0.2) is 16.8 Å². The molecule has 0 unspecified atom stereocenters. The minimum Gasteiger partial charge on any atom is -0.301 e. The van der Waals surface area contributed by atoms with Gasteiger partial charge in [-0.05, 0) is 30.3 Å². The van der Waals surface area contributed by atoms with Crippen LogP contribution in [0.5, 0.6) is 0 Å². The minimum atomic E-state index is -3.79. The first kappa shape index (κ1) is 20.1. The van der Waals surface area contributed by atoms with E-state index in [2.05, 4.69) is 10.3 Å². The SMILES string of the molecule is CN(CC(=O)Nc1nc(-c2ccc(F)c(F)c2)cs1)S(=O)(=O)c1ccccc1. The maximum Gasteiger partial charge on any atom is 0.243 e. The molecule has 1 heterocycles. The lowest BCUT2D eigenvalue weighted by molar-refractivity contribution is -0.116. The lowest BCUT2D eigenvalue weighted by Crippen LogP contribution is -2.34. The Hall–Kier alpha value is -2.69. The second-order valence-corrected chi connectivity index (χ2v) is 8.69. The van der Waals surface area contributed by atoms with Crippen LogP contribution in [0.2, 0.25) is 0 Å². The van der Waals surface area contributed by atoms with Gasteiger partial charge in [0, 0.05) is 18.0 Å². The number of aromatic nitrogens is 1. The molecule has 28 heavy (non-hydrogen) atoms. The maximum absolute atomic E-state index is 13.3. The molecule has 0 fully saturated rings. The van der Waals surface area contributed by atoms with Crippen LogP contribution in [0.4, 0.5) is 13.9 Å². The van der Waals surface area contributed by atoms with Gasteiger partial charge in [0.05, 0.1) is 17.1 Å². The molecule has 0 aliphatic heterocycles. The molecule has 3 rings (SSSR count). The molecule has 0 atom stereocenters. The largest absolute Gasteiger partial charge is 0.301 e. The number of likely N-dealkylation sites (N-methyl/N-ethyl adjacent to an activating group) is 1. The molecular weight excluding hydrogens is 408 g/mol. The fraction of sp³-hybridized carbons (Fsp3) is 0.111. The standard InChI is InChI=1S/C18H15F2N3O3S2/c1-23(28(25,26)13-5-3-2-4-6-13)10-17(24)22-18-21-16(11-27-18)12-7-8-14(19)15(20)9-12/h2-9,11H,10H2,1H3,(H,21,22,24). The molecule has 0 aliphatic carbocycles. The van der Waals surface area contributed by atoms with Crippen LogP contribution in [-0.2, 0) is 14.8 Å². The average Bonchev–Trinajstić information content (AvgIpc) is 3.12. The zero-order valence-electron chi connectivity index (χ0n) is 14.6. The number of anilines is 1. The first-order chi connectivity index (χ1) is 13.3. The Balaban J connectivity index is 1.67. The maximum atomic E-state index is 13.3. The lowest BCUT2D eigenvalue weighted by atomic mass is 10.2. The van der Waals surface area contributed by atoms with E-state index in [4.69, 9.17) is 0 Å². The van der Waals surface area contributed by atoms with E-state index in [1.54, 1.807) is 23.6 Å². The van der Waals surface area contributed by atoms with E-state index in [0.29, 0.717) is 11.3 Å². The first-order valence-corrected chi connectivity index (χ1v) is 10.3. The Kier molecular flexibility index (Phi) is 5.82. The molecule has 0 spiro atoms. The number of sulfonamides is 1. The molecule has 3 aromatic rings. The van der Waals surface area contributed by atoms with Crippen LogP contribution in [0, 0.1) is 11.6 Å². The van der Waals surface area contributed by atoms with Gasteiger partial charge in [-0.2, -0.15) is 4.31 Å². The summed E-state index contributed by atoms with van der Waals surface area (Å²) < 4.78 is 52.2. The quantitative estimate of drug-likeness (QED) is 0.660. The van der Waals surface area contributed by atoms with Gasteiger partial charge in [0.2, 0.25) is 15.9 Å². The van der Waals surface area contributed by atoms with Gasteiger partial charge in [-0.25, -0.2) is 22.2 Å². The molecule has 0 bridgehead atoms. The zero-order valence-corrected chi connectivity index (χ0v) is 16.2. The predicted molar refractivity (Wildman–Crippen MR) is 102 cm³/mol. The number of nitrogens with zero attached hydrogens (tertiary/aromatic N) is 2. The van der Waals surface area contributed by atoms with Crippen molar-refractivity contribution in [3.8, 4) is 11.3 Å². The number of carbonyl (C=O) groups excluding carboxylic acids is 1. The van der Waals surface area contributed by atoms with Gasteiger partial charge in [0.1, 0.15) is 0 Å². The predicted octanol–water partition coefficient (Wildman–Crippen LogP) is 3.35. The molecule has 0 saturated heterocycles. The number of thiazole rings is 1. The third kappa shape index (κ3) is 4.41. The number of hydrogen-bond acceptors (Lipinski definition) is 5. The third-order valence-corrected chi connectivity index (χ3v) is 6.36. The van der Waals surface area contributed by atoms with Crippen molar-refractivity contribution in [2.24, 2.45) is 0 Å². The lowest BCUT2D eigenvalue weighted by Gasteiger charge is -2.16. The van der Waals surface area contributed by atoms with Crippen LogP contribution >= 0.6 is 11.3 Å². The summed E-state index contributed by atoms with van der Waals surface area (Å²) in [5.74, 6) is -2.54. The van der Waals surface area contributed by atoms with Gasteiger partial charge >= 0.3 is 0 Å². The van der Waals surface area contributed by atoms with E-state index < -0.39 is 34.1 Å². The van der Waals surface area contributed by atoms with Crippen LogP contribution in [0.3, 0.4) is 0 Å². The molecule has 1 aromatic heterocycles. The van der Waals surface area contributed by atoms with Crippen molar-refractivity contribution in [2.75, 3.05) is 18.9 Å². The molecule has 0 radical (unpaired) electrons. The average molecular weight is 423 g/mol. The minimum absolute atomic E-state index is 0.0835. The molecule has 10 heteroatoms. The highest BCUT2D eigenvalue weighted by atomic mass is 32.2. The fourth-order valence-electron chi connectivity index (χ4n) is 2.34. The van der Waals surface area contributed by atoms with Gasteiger partial charge in [-0.1, -0.05) is 18.2 Å². The molecule has 146 valence electrons. The van der Waals surface area contributed by atoms with E-state index in [0.717, 1.165) is 27.8 Å². The number of halogens is 2. The number of nitrogens with one attached hydrogen (secondary N) is 1. The molecule has 0 aliphatic rings. The van der Waals surface area contributed by atoms with Gasteiger partial charge in [0.25, 0.3) is 0 Å². The van der Waals surface area contributed by atoms with Gasteiger partial charge in [-0.3, -0.25) is 4.79 Å². The molecule has 2 aromatic carbocycles. The second kappa shape index (κ2) is 8.13. The summed E-state index contributed by atoms with van der Waals surface area (Å²) in [4.78, 5) is 16.4. The summed E-state index contributed by atoms with van der Waals surface area (Å²) in [6.07, 6.45) is 0. The van der Waals surface area contributed by atoms with E-state index in [-0.39, 0.29) is 10.0 Å². The van der Waals surface area contributed by atoms with Gasteiger partial charge in [-0.15, -0.1) is 11.3 Å². The first-order valence-electron chi connectivity index (χ1n) is 7.99. The van der Waals surface area contributed by atoms with Crippen molar-refractivity contribution in [2.45, 2.75) is 4.90 Å². The number of rotatable bonds is 6. The van der Waals surface area contributed by atoms with Gasteiger partial charge < -0.3 is 5.32 Å². The molecule has 1 N–H and O–H groups in total. The molecule has 1 amide bonds. The van der Waals surface area contributed by atoms with Crippen LogP contribution in [0.25, 0.3) is 11.3 Å². The normalized spacial score (nSPS) is 11.6. The van der Waals surface area contributed by atoms with Crippen molar-refractivity contribution in [1.82, 2.24) is 9.29 Å². The van der Waals surface area contributed by atoms with Crippen LogP contribution in [-0.4, -0.2) is 37.2 Å². The van der Waals surface area contributed by atoms with E-state index in [1.165, 1.54) is 25.2 Å². The Morgan fingerprint density at radius 3 is 2.54 bits per heavy atom. The Morgan fingerprint density at radius 1 is 1.14 bits per heavy atom. The Bertz CT molecular complexity index is 1100. The van der Waals surface area contributed by atoms with Crippen LogP contribution in [0.1, 0.15) is 0 Å². The second-order valence-electron chi connectivity index (χ2n) is 5.79. The van der Waals surface area contributed by atoms with Crippen molar-refractivity contribution in [3.05, 3.63) is 65.5 Å². The highest BCUT2D eigenvalue weighted by molar-refractivity contribution is 7.89. The van der Waals surface area contributed by atoms with Crippen molar-refractivity contribution in [1.29, 1.82) is 0 Å². The van der Waals surface area contributed by atoms with E-state index in [1.807, 2.05) is 0 Å². The van der Waals surface area contributed by atoms with Crippen molar-refractivity contribution < 1.29 is 22.0 Å². The van der Waals surface area contributed by atoms with E-state index in [9.17, 15) is 22.0 Å². The number of carbonyl (C=O) groups is 1. The number of amides is 1. The molecule has 6 nitrogen and oxygen atoms in total. The fourth-order valence-corrected chi connectivity index (χ4v) is 4.22. The van der Waals surface area contributed by atoms with E-state index >= 15 is 0 Å². The topological polar surface area (TPSA) is 79.4 Å². The highest BCUT2D eigenvalue weighted by Crippen LogP contribution is 2.26. The van der Waals surface area contributed by atoms with Crippen molar-refractivity contribution in [3.63, 3.8) is 0 Å². The molecule has 0 saturated carbocycles. The Labute approximate surface area is 164 Å². The molecular formula is C18H15F2N3O3S2. The Morgan fingerprint density at radius 2 is 1.86 bits per heavy atom. The summed E-state index contributed by atoms with van der Waals surface area (Å²) in [6.45, 7) is -0.405. The number of hydrogen-bond donors (Lipinski definition) is 1. The highest BCUT2D eigenvalue weighted by Gasteiger charge is 2.23. The summed E-state index contributed by atoms with van der Waals surface area (Å²) in [5.41, 5.74) is 0.726.